The van der Waals surface area contributed by atoms with Crippen LogP contribution in [0, 0.1) is 5.82 Å². The van der Waals surface area contributed by atoms with Gasteiger partial charge in [0.1, 0.15) is 18.2 Å². The van der Waals surface area contributed by atoms with Crippen LogP contribution >= 0.6 is 0 Å². The van der Waals surface area contributed by atoms with Crippen molar-refractivity contribution in [2.75, 3.05) is 13.2 Å². The maximum Gasteiger partial charge on any atom is 0.417 e. The average Bonchev–Trinajstić information content (AvgIpc) is 2.72. The monoisotopic (exact) mass is 401 g/mol. The van der Waals surface area contributed by atoms with E-state index in [4.69, 9.17) is 10.5 Å². The third-order valence-corrected chi connectivity index (χ3v) is 4.26. The zero-order chi connectivity index (χ0) is 20.9. The normalized spacial score (nSPS) is 12.4. The van der Waals surface area contributed by atoms with E-state index in [0.29, 0.717) is 30.0 Å². The molecule has 0 aliphatic heterocycles. The van der Waals surface area contributed by atoms with E-state index in [9.17, 15) is 17.6 Å². The molecule has 3 aromatic carbocycles. The first-order chi connectivity index (χ1) is 13.9. The van der Waals surface area contributed by atoms with Crippen LogP contribution in [0.1, 0.15) is 16.7 Å². The molecule has 0 fully saturated rings. The molecule has 0 amide bonds. The van der Waals surface area contributed by atoms with Gasteiger partial charge in [0.25, 0.3) is 0 Å². The maximum atomic E-state index is 14.2. The summed E-state index contributed by atoms with van der Waals surface area (Å²) in [5, 5.41) is 0. The number of hydrogen-bond donors (Lipinski definition) is 1. The minimum Gasteiger partial charge on any atom is -0.492 e. The van der Waals surface area contributed by atoms with Gasteiger partial charge in [0.05, 0.1) is 5.57 Å². The summed E-state index contributed by atoms with van der Waals surface area (Å²) < 4.78 is 61.3. The Kier molecular flexibility index (Phi) is 6.34. The second-order valence-corrected chi connectivity index (χ2v) is 6.28. The molecule has 150 valence electrons. The molecule has 6 heteroatoms. The highest BCUT2D eigenvalue weighted by atomic mass is 19.4. The van der Waals surface area contributed by atoms with E-state index in [2.05, 4.69) is 0 Å². The third-order valence-electron chi connectivity index (χ3n) is 4.26. The van der Waals surface area contributed by atoms with Crippen molar-refractivity contribution in [1.29, 1.82) is 0 Å². The van der Waals surface area contributed by atoms with Crippen LogP contribution in [0.15, 0.2) is 78.9 Å². The lowest BCUT2D eigenvalue weighted by atomic mass is 9.89. The summed E-state index contributed by atoms with van der Waals surface area (Å²) in [6.07, 6.45) is -4.66. The van der Waals surface area contributed by atoms with Gasteiger partial charge in [-0.05, 0) is 41.0 Å². The molecule has 0 bridgehead atoms. The summed E-state index contributed by atoms with van der Waals surface area (Å²) in [7, 11) is 0. The molecule has 29 heavy (non-hydrogen) atoms. The van der Waals surface area contributed by atoms with Crippen LogP contribution in [0.4, 0.5) is 17.6 Å². The first kappa shape index (κ1) is 20.6. The number of benzene rings is 3. The molecule has 0 aromatic heterocycles. The van der Waals surface area contributed by atoms with E-state index < -0.39 is 17.6 Å². The Balaban J connectivity index is 2.23. The Bertz CT molecular complexity index is 963. The summed E-state index contributed by atoms with van der Waals surface area (Å²) in [5.74, 6) is -0.0834. The number of ether oxygens (including phenoxy) is 1. The average molecular weight is 401 g/mol. The van der Waals surface area contributed by atoms with E-state index in [1.807, 2.05) is 0 Å². The molecule has 3 rings (SSSR count). The van der Waals surface area contributed by atoms with Crippen LogP contribution < -0.4 is 10.5 Å². The molecule has 0 aliphatic rings. The van der Waals surface area contributed by atoms with Crippen molar-refractivity contribution < 1.29 is 22.3 Å². The molecule has 2 N–H and O–H groups in total. The van der Waals surface area contributed by atoms with Crippen LogP contribution in [0.3, 0.4) is 0 Å². The Morgan fingerprint density at radius 3 is 1.86 bits per heavy atom. The van der Waals surface area contributed by atoms with Gasteiger partial charge in [0.15, 0.2) is 0 Å². The number of hydrogen-bond acceptors (Lipinski definition) is 2. The minimum absolute atomic E-state index is 0.00934. The van der Waals surface area contributed by atoms with E-state index >= 15 is 0 Å². The fraction of sp³-hybridized carbons (Fsp3) is 0.130. The Morgan fingerprint density at radius 1 is 0.759 bits per heavy atom. The lowest BCUT2D eigenvalue weighted by molar-refractivity contribution is -0.0685. The predicted octanol–water partition coefficient (Wildman–Crippen LogP) is 5.68. The number of rotatable bonds is 6. The van der Waals surface area contributed by atoms with Crippen molar-refractivity contribution in [2.45, 2.75) is 6.18 Å². The van der Waals surface area contributed by atoms with Crippen LogP contribution in [-0.2, 0) is 0 Å². The summed E-state index contributed by atoms with van der Waals surface area (Å²) in [6, 6.07) is 19.0. The van der Waals surface area contributed by atoms with Crippen LogP contribution in [0.5, 0.6) is 5.75 Å². The molecule has 0 radical (unpaired) electrons. The molecule has 2 nitrogen and oxygen atoms in total. The largest absolute Gasteiger partial charge is 0.492 e. The smallest absolute Gasteiger partial charge is 0.417 e. The summed E-state index contributed by atoms with van der Waals surface area (Å²) >= 11 is 0. The zero-order valence-corrected chi connectivity index (χ0v) is 15.4. The van der Waals surface area contributed by atoms with Crippen molar-refractivity contribution in [3.63, 3.8) is 0 Å². The minimum atomic E-state index is -4.66. The third kappa shape index (κ3) is 5.03. The molecular formula is C23H19F4NO. The van der Waals surface area contributed by atoms with Crippen LogP contribution in [0.25, 0.3) is 11.1 Å². The van der Waals surface area contributed by atoms with Crippen molar-refractivity contribution >= 4 is 11.1 Å². The van der Waals surface area contributed by atoms with Gasteiger partial charge in [-0.15, -0.1) is 0 Å². The quantitative estimate of drug-likeness (QED) is 0.426. The lowest BCUT2D eigenvalue weighted by Crippen LogP contribution is -2.14. The number of halogens is 4. The van der Waals surface area contributed by atoms with Gasteiger partial charge >= 0.3 is 6.18 Å². The standard InChI is InChI=1S/C23H19F4NO/c24-19-10-6-18(7-11-19)22(23(25,26)27)21(16-4-2-1-3-5-16)17-8-12-20(13-9-17)29-15-14-28/h1-13H,14-15,28H2. The second-order valence-electron chi connectivity index (χ2n) is 6.28. The second kappa shape index (κ2) is 8.92. The van der Waals surface area contributed by atoms with Gasteiger partial charge in [-0.3, -0.25) is 0 Å². The Labute approximate surface area is 166 Å². The Morgan fingerprint density at radius 2 is 1.31 bits per heavy atom. The SMILES string of the molecule is NCCOc1ccc(C(=C(c2ccc(F)cc2)C(F)(F)F)c2ccccc2)cc1. The molecular weight excluding hydrogens is 382 g/mol. The summed E-state index contributed by atoms with van der Waals surface area (Å²) in [4.78, 5) is 0. The van der Waals surface area contributed by atoms with Crippen LogP contribution in [-0.4, -0.2) is 19.3 Å². The highest BCUT2D eigenvalue weighted by Gasteiger charge is 2.38. The van der Waals surface area contributed by atoms with Gasteiger partial charge in [0, 0.05) is 12.1 Å². The first-order valence-corrected chi connectivity index (χ1v) is 8.96. The maximum absolute atomic E-state index is 14.2. The number of alkyl halides is 3. The van der Waals surface area contributed by atoms with Crippen molar-refractivity contribution in [1.82, 2.24) is 0 Å². The van der Waals surface area contributed by atoms with Gasteiger partial charge in [-0.2, -0.15) is 13.2 Å². The molecule has 0 saturated heterocycles. The highest BCUT2D eigenvalue weighted by Crippen LogP contribution is 2.42. The molecule has 0 aliphatic carbocycles. The van der Waals surface area contributed by atoms with E-state index in [-0.39, 0.29) is 11.1 Å². The molecule has 0 heterocycles. The summed E-state index contributed by atoms with van der Waals surface area (Å²) in [6.45, 7) is 0.643. The Hall–Kier alpha value is -3.12. The van der Waals surface area contributed by atoms with Crippen LogP contribution in [0.2, 0.25) is 0 Å². The molecule has 0 saturated carbocycles. The lowest BCUT2D eigenvalue weighted by Gasteiger charge is -2.20. The topological polar surface area (TPSA) is 35.2 Å². The predicted molar refractivity (Wildman–Crippen MR) is 106 cm³/mol. The molecule has 0 atom stereocenters. The van der Waals surface area contributed by atoms with Gasteiger partial charge in [0.2, 0.25) is 0 Å². The first-order valence-electron chi connectivity index (χ1n) is 8.96. The fourth-order valence-electron chi connectivity index (χ4n) is 3.02. The highest BCUT2D eigenvalue weighted by molar-refractivity contribution is 6.00. The molecule has 3 aromatic rings. The van der Waals surface area contributed by atoms with E-state index in [1.54, 1.807) is 54.6 Å². The van der Waals surface area contributed by atoms with E-state index in [1.165, 1.54) is 0 Å². The molecule has 0 spiro atoms. The van der Waals surface area contributed by atoms with Crippen molar-refractivity contribution in [2.24, 2.45) is 5.73 Å². The number of nitrogens with two attached hydrogens (primary N) is 1. The van der Waals surface area contributed by atoms with Crippen molar-refractivity contribution in [3.8, 4) is 5.75 Å². The van der Waals surface area contributed by atoms with Gasteiger partial charge in [-0.1, -0.05) is 54.6 Å². The van der Waals surface area contributed by atoms with E-state index in [0.717, 1.165) is 24.3 Å². The van der Waals surface area contributed by atoms with Crippen molar-refractivity contribution in [3.05, 3.63) is 101 Å². The van der Waals surface area contributed by atoms with Gasteiger partial charge < -0.3 is 10.5 Å². The fourth-order valence-corrected chi connectivity index (χ4v) is 3.02. The summed E-state index contributed by atoms with van der Waals surface area (Å²) in [5.41, 5.74) is 5.25. The van der Waals surface area contributed by atoms with Gasteiger partial charge in [-0.25, -0.2) is 4.39 Å². The zero-order valence-electron chi connectivity index (χ0n) is 15.4. The molecule has 0 unspecified atom stereocenters. The number of allylic oxidation sites excluding steroid dienone is 1.